The van der Waals surface area contributed by atoms with E-state index in [1.807, 2.05) is 40.7 Å². The summed E-state index contributed by atoms with van der Waals surface area (Å²) in [5.74, 6) is -2.38. The molecule has 0 aromatic carbocycles. The Morgan fingerprint density at radius 3 is 1.56 bits per heavy atom. The summed E-state index contributed by atoms with van der Waals surface area (Å²) in [6, 6.07) is 5.56. The van der Waals surface area contributed by atoms with Crippen LogP contribution >= 0.6 is 11.6 Å². The van der Waals surface area contributed by atoms with Crippen LogP contribution in [0.2, 0.25) is 5.15 Å². The fraction of sp³-hybridized carbons (Fsp3) is 0.500. The number of halogens is 9. The topological polar surface area (TPSA) is 167 Å². The highest BCUT2D eigenvalue weighted by Gasteiger charge is 2.52. The van der Waals surface area contributed by atoms with E-state index in [2.05, 4.69) is 50.0 Å². The van der Waals surface area contributed by atoms with Gasteiger partial charge in [0.15, 0.2) is 51.9 Å². The van der Waals surface area contributed by atoms with Crippen LogP contribution in [-0.2, 0) is 32.0 Å². The van der Waals surface area contributed by atoms with Gasteiger partial charge in [0.2, 0.25) is 0 Å². The van der Waals surface area contributed by atoms with Gasteiger partial charge in [0, 0.05) is 37.6 Å². The second kappa shape index (κ2) is 21.5. The molecule has 0 bridgehead atoms. The Morgan fingerprint density at radius 1 is 0.682 bits per heavy atom. The van der Waals surface area contributed by atoms with Crippen molar-refractivity contribution in [1.29, 1.82) is 0 Å². The van der Waals surface area contributed by atoms with Crippen molar-refractivity contribution in [2.75, 3.05) is 14.2 Å². The van der Waals surface area contributed by atoms with Gasteiger partial charge in [-0.15, -0.1) is 20.4 Å². The average Bonchev–Trinajstić information content (AvgIpc) is 3.84. The maximum atomic E-state index is 14.2. The van der Waals surface area contributed by atoms with E-state index >= 15 is 0 Å². The molecule has 0 radical (unpaired) electrons. The smallest absolute Gasteiger partial charge is 0.463 e. The van der Waals surface area contributed by atoms with Crippen molar-refractivity contribution in [3.8, 4) is 23.0 Å². The molecule has 1 fully saturated rings. The largest absolute Gasteiger partial charge is 0.496 e. The molecule has 26 heteroatoms. The summed E-state index contributed by atoms with van der Waals surface area (Å²) in [6.45, 7) is 13.0. The SMILES string of the molecule is C.C.COCc1nnc2cc(C)c(-c3cnc(O[C@@H](C)C(F)(F)F)c(F)c3)nn12.COCc1nnc2cc(C)c(Cl)nn12.C[C@H](Oc1ncc(B2OC(C)(C)C(C)(C)O2)cc1F)C(F)(F)F. The molecule has 0 aliphatic carbocycles. The van der Waals surface area contributed by atoms with Crippen molar-refractivity contribution in [3.63, 3.8) is 0 Å². The number of alkyl halides is 6. The summed E-state index contributed by atoms with van der Waals surface area (Å²) in [5, 5.41) is 24.8. The van der Waals surface area contributed by atoms with E-state index in [1.54, 1.807) is 24.6 Å². The number of aryl methyl sites for hydroxylation is 2. The number of hydrogen-bond donors (Lipinski definition) is 0. The van der Waals surface area contributed by atoms with Crippen LogP contribution in [0.5, 0.6) is 11.8 Å². The van der Waals surface area contributed by atoms with Gasteiger partial charge in [-0.1, -0.05) is 26.5 Å². The molecule has 16 nitrogen and oxygen atoms in total. The van der Waals surface area contributed by atoms with Crippen LogP contribution in [0.4, 0.5) is 35.1 Å². The molecule has 1 saturated heterocycles. The third-order valence-corrected chi connectivity index (χ3v) is 10.1. The molecule has 0 saturated carbocycles. The van der Waals surface area contributed by atoms with E-state index in [-0.39, 0.29) is 32.5 Å². The first-order valence-electron chi connectivity index (χ1n) is 19.0. The summed E-state index contributed by atoms with van der Waals surface area (Å²) in [6.07, 6.45) is -11.2. The van der Waals surface area contributed by atoms with Crippen LogP contribution in [0.25, 0.3) is 22.6 Å². The van der Waals surface area contributed by atoms with E-state index in [0.717, 1.165) is 31.5 Å². The molecule has 7 heterocycles. The zero-order valence-corrected chi connectivity index (χ0v) is 36.7. The maximum Gasteiger partial charge on any atom is 0.496 e. The van der Waals surface area contributed by atoms with Gasteiger partial charge in [0.05, 0.1) is 16.9 Å². The molecule has 66 heavy (non-hydrogen) atoms. The van der Waals surface area contributed by atoms with Crippen LogP contribution in [0, 0.1) is 25.5 Å². The molecule has 7 rings (SSSR count). The lowest BCUT2D eigenvalue weighted by Gasteiger charge is -2.32. The number of pyridine rings is 2. The van der Waals surface area contributed by atoms with Gasteiger partial charge in [-0.2, -0.15) is 45.6 Å². The van der Waals surface area contributed by atoms with E-state index in [9.17, 15) is 35.1 Å². The molecule has 0 unspecified atom stereocenters. The minimum absolute atomic E-state index is 0. The van der Waals surface area contributed by atoms with Gasteiger partial charge >= 0.3 is 19.5 Å². The van der Waals surface area contributed by atoms with Gasteiger partial charge in [-0.25, -0.2) is 18.7 Å². The standard InChI is InChI=1S/C16H15F4N5O2.C14H18BF4NO3.C8H9ClN4O.2CH4/c1-8-4-12-22-23-13(7-26-3)25(12)24-14(8)10-5-11(17)15(21-6-10)27-9(2)16(18,19)20;1-8(14(17,18)19)21-11-10(16)6-9(7-20-11)15-22-12(2,3)13(4,5)23-15;1-5-3-6-10-11-7(4-14-2)13(6)12-8(5)9;;/h4-6,9H,7H2,1-3H3;6-8H,1-5H3;3H,4H2,1-2H3;2*1H4/t9-;8-;;;/m00.../s1. The number of nitrogens with zero attached hydrogens (tertiary/aromatic N) is 10. The van der Waals surface area contributed by atoms with Crippen molar-refractivity contribution in [2.45, 2.75) is 119 Å². The van der Waals surface area contributed by atoms with Crippen LogP contribution < -0.4 is 14.9 Å². The highest BCUT2D eigenvalue weighted by atomic mass is 35.5. The third-order valence-electron chi connectivity index (χ3n) is 9.72. The predicted molar refractivity (Wildman–Crippen MR) is 226 cm³/mol. The number of fused-ring (bicyclic) bond motifs is 2. The molecular formula is C40H50BClF8N10O6. The molecule has 0 spiro atoms. The zero-order valence-electron chi connectivity index (χ0n) is 35.9. The van der Waals surface area contributed by atoms with E-state index in [1.165, 1.54) is 24.0 Å². The number of ether oxygens (including phenoxy) is 4. The molecule has 362 valence electrons. The normalized spacial score (nSPS) is 15.2. The Balaban J connectivity index is 0.000000270. The number of aromatic nitrogens is 10. The summed E-state index contributed by atoms with van der Waals surface area (Å²) in [4.78, 5) is 7.29. The zero-order chi connectivity index (χ0) is 47.5. The molecule has 6 aromatic heterocycles. The summed E-state index contributed by atoms with van der Waals surface area (Å²) < 4.78 is 137. The molecule has 0 N–H and O–H groups in total. The van der Waals surface area contributed by atoms with Crippen LogP contribution in [0.3, 0.4) is 0 Å². The maximum absolute atomic E-state index is 14.2. The van der Waals surface area contributed by atoms with Gasteiger partial charge in [-0.3, -0.25) is 0 Å². The number of methoxy groups -OCH3 is 2. The molecule has 2 atom stereocenters. The first kappa shape index (κ1) is 55.0. The Hall–Kier alpha value is -5.37. The summed E-state index contributed by atoms with van der Waals surface area (Å²) in [7, 11) is 2.24. The van der Waals surface area contributed by atoms with E-state index in [0.29, 0.717) is 46.0 Å². The number of rotatable bonds is 10. The first-order valence-corrected chi connectivity index (χ1v) is 19.3. The minimum Gasteiger partial charge on any atom is -0.463 e. The lowest BCUT2D eigenvalue weighted by molar-refractivity contribution is -0.190. The summed E-state index contributed by atoms with van der Waals surface area (Å²) >= 11 is 5.89. The van der Waals surface area contributed by atoms with Crippen LogP contribution in [0.15, 0.2) is 36.7 Å². The highest BCUT2D eigenvalue weighted by molar-refractivity contribution is 6.62. The van der Waals surface area contributed by atoms with Gasteiger partial charge in [0.25, 0.3) is 11.8 Å². The second-order valence-corrected chi connectivity index (χ2v) is 15.5. The van der Waals surface area contributed by atoms with Crippen molar-refractivity contribution in [1.82, 2.24) is 49.6 Å². The van der Waals surface area contributed by atoms with Gasteiger partial charge < -0.3 is 28.3 Å². The fourth-order valence-corrected chi connectivity index (χ4v) is 5.51. The first-order chi connectivity index (χ1) is 29.8. The van der Waals surface area contributed by atoms with Crippen molar-refractivity contribution >= 4 is 35.5 Å². The molecule has 1 aliphatic heterocycles. The Bertz CT molecular complexity index is 2570. The van der Waals surface area contributed by atoms with Crippen molar-refractivity contribution in [3.05, 3.63) is 76.2 Å². The average molecular weight is 965 g/mol. The van der Waals surface area contributed by atoms with E-state index in [4.69, 9.17) is 30.4 Å². The van der Waals surface area contributed by atoms with E-state index < -0.39 is 66.3 Å². The Kier molecular flexibility index (Phi) is 17.9. The lowest BCUT2D eigenvalue weighted by atomic mass is 9.80. The molecule has 1 aliphatic rings. The predicted octanol–water partition coefficient (Wildman–Crippen LogP) is 8.46. The third kappa shape index (κ3) is 12.7. The van der Waals surface area contributed by atoms with Crippen LogP contribution in [-0.4, -0.2) is 107 Å². The van der Waals surface area contributed by atoms with Crippen LogP contribution in [0.1, 0.15) is 79.2 Å². The van der Waals surface area contributed by atoms with Crippen molar-refractivity contribution < 1.29 is 63.4 Å². The molecule has 6 aromatic rings. The quantitative estimate of drug-likeness (QED) is 0.0947. The lowest BCUT2D eigenvalue weighted by Crippen LogP contribution is -2.41. The monoisotopic (exact) mass is 964 g/mol. The molecular weight excluding hydrogens is 915 g/mol. The van der Waals surface area contributed by atoms with Crippen molar-refractivity contribution in [2.24, 2.45) is 0 Å². The number of hydrogen-bond acceptors (Lipinski definition) is 14. The fourth-order valence-electron chi connectivity index (χ4n) is 5.38. The molecule has 0 amide bonds. The Morgan fingerprint density at radius 2 is 1.12 bits per heavy atom. The minimum atomic E-state index is -4.62. The Labute approximate surface area is 380 Å². The van der Waals surface area contributed by atoms with Gasteiger partial charge in [0.1, 0.15) is 13.2 Å². The van der Waals surface area contributed by atoms with Gasteiger partial charge in [-0.05, 0) is 90.8 Å². The highest BCUT2D eigenvalue weighted by Crippen LogP contribution is 2.37. The second-order valence-electron chi connectivity index (χ2n) is 15.2. The summed E-state index contributed by atoms with van der Waals surface area (Å²) in [5.41, 5.74) is 2.40.